The van der Waals surface area contributed by atoms with Crippen LogP contribution in [-0.2, 0) is 22.6 Å². The number of thiophene rings is 1. The third kappa shape index (κ3) is 4.06. The number of amides is 2. The maximum atomic E-state index is 13.1. The second-order valence-electron chi connectivity index (χ2n) is 8.27. The number of hydrogen-bond donors (Lipinski definition) is 1. The molecule has 2 fully saturated rings. The van der Waals surface area contributed by atoms with Crippen LogP contribution in [0.1, 0.15) is 56.7 Å². The number of carbonyl (C=O) groups is 2. The van der Waals surface area contributed by atoms with E-state index in [1.807, 2.05) is 23.2 Å². The average Bonchev–Trinajstić information content (AvgIpc) is 3.09. The molecule has 6 heteroatoms. The van der Waals surface area contributed by atoms with Crippen molar-refractivity contribution in [3.05, 3.63) is 21.9 Å². The number of piperazine rings is 1. The number of likely N-dealkylation sites (tertiary alicyclic amines) is 1. The van der Waals surface area contributed by atoms with Gasteiger partial charge in [-0.3, -0.25) is 14.5 Å². The molecule has 0 aliphatic carbocycles. The van der Waals surface area contributed by atoms with Gasteiger partial charge >= 0.3 is 0 Å². The largest absolute Gasteiger partial charge is 0.342 e. The molecule has 1 atom stereocenters. The highest BCUT2D eigenvalue weighted by atomic mass is 32.1. The molecule has 3 rings (SSSR count). The van der Waals surface area contributed by atoms with Gasteiger partial charge in [0.05, 0.1) is 0 Å². The van der Waals surface area contributed by atoms with Crippen molar-refractivity contribution >= 4 is 23.2 Å². The predicted octanol–water partition coefficient (Wildman–Crippen LogP) is 3.04. The second-order valence-corrected chi connectivity index (χ2v) is 9.52. The molecule has 1 N–H and O–H groups in total. The molecule has 3 heterocycles. The van der Waals surface area contributed by atoms with Gasteiger partial charge in [-0.25, -0.2) is 0 Å². The lowest BCUT2D eigenvalue weighted by Crippen LogP contribution is -2.72. The van der Waals surface area contributed by atoms with E-state index in [0.29, 0.717) is 18.9 Å². The van der Waals surface area contributed by atoms with Gasteiger partial charge in [0.15, 0.2) is 0 Å². The van der Waals surface area contributed by atoms with E-state index in [1.165, 1.54) is 9.75 Å². The molecular weight excluding hydrogens is 358 g/mol. The number of aryl methyl sites for hydroxylation is 1. The molecule has 0 bridgehead atoms. The first kappa shape index (κ1) is 20.3. The van der Waals surface area contributed by atoms with Crippen LogP contribution in [0.2, 0.25) is 0 Å². The molecule has 1 aromatic rings. The van der Waals surface area contributed by atoms with E-state index in [-0.39, 0.29) is 17.9 Å². The van der Waals surface area contributed by atoms with E-state index >= 15 is 0 Å². The Hall–Kier alpha value is -1.40. The lowest BCUT2D eigenvalue weighted by atomic mass is 9.81. The Bertz CT molecular complexity index is 677. The van der Waals surface area contributed by atoms with Gasteiger partial charge in [0.25, 0.3) is 0 Å². The SMILES string of the molecule is CCc1ccc(CN2CCC3(CC2)C(=O)NC(CC(C)C)C(=O)N3CC)s1. The highest BCUT2D eigenvalue weighted by Crippen LogP contribution is 2.34. The zero-order chi connectivity index (χ0) is 19.6. The Morgan fingerprint density at radius 3 is 2.41 bits per heavy atom. The maximum Gasteiger partial charge on any atom is 0.246 e. The smallest absolute Gasteiger partial charge is 0.246 e. The van der Waals surface area contributed by atoms with Crippen LogP contribution in [0.4, 0.5) is 0 Å². The van der Waals surface area contributed by atoms with Crippen LogP contribution in [0.15, 0.2) is 12.1 Å². The third-order valence-corrected chi connectivity index (χ3v) is 7.17. The molecule has 27 heavy (non-hydrogen) atoms. The molecular formula is C21H33N3O2S. The summed E-state index contributed by atoms with van der Waals surface area (Å²) in [6, 6.07) is 4.08. The summed E-state index contributed by atoms with van der Waals surface area (Å²) in [7, 11) is 0. The van der Waals surface area contributed by atoms with Gasteiger partial charge in [-0.2, -0.15) is 0 Å². The van der Waals surface area contributed by atoms with Crippen LogP contribution >= 0.6 is 11.3 Å². The van der Waals surface area contributed by atoms with Gasteiger partial charge in [-0.05, 0) is 50.7 Å². The summed E-state index contributed by atoms with van der Waals surface area (Å²) < 4.78 is 0. The number of likely N-dealkylation sites (N-methyl/N-ethyl adjacent to an activating group) is 1. The zero-order valence-corrected chi connectivity index (χ0v) is 17.9. The van der Waals surface area contributed by atoms with Crippen LogP contribution < -0.4 is 5.32 Å². The average molecular weight is 392 g/mol. The van der Waals surface area contributed by atoms with Gasteiger partial charge in [-0.1, -0.05) is 20.8 Å². The highest BCUT2D eigenvalue weighted by molar-refractivity contribution is 7.11. The lowest BCUT2D eigenvalue weighted by molar-refractivity contribution is -0.161. The molecule has 1 unspecified atom stereocenters. The second kappa shape index (κ2) is 8.31. The summed E-state index contributed by atoms with van der Waals surface area (Å²) in [6.07, 6.45) is 3.23. The Balaban J connectivity index is 1.67. The fourth-order valence-corrected chi connectivity index (χ4v) is 5.46. The number of carbonyl (C=O) groups excluding carboxylic acids is 2. The molecule has 150 valence electrons. The Labute approximate surface area is 167 Å². The van der Waals surface area contributed by atoms with Crippen LogP contribution in [0.5, 0.6) is 0 Å². The number of nitrogens with zero attached hydrogens (tertiary/aromatic N) is 2. The molecule has 5 nitrogen and oxygen atoms in total. The minimum atomic E-state index is -0.653. The van der Waals surface area contributed by atoms with Gasteiger partial charge in [0, 0.05) is 35.9 Å². The molecule has 0 radical (unpaired) electrons. The van der Waals surface area contributed by atoms with E-state index in [4.69, 9.17) is 0 Å². The number of nitrogens with one attached hydrogen (secondary N) is 1. The lowest BCUT2D eigenvalue weighted by Gasteiger charge is -2.51. The van der Waals surface area contributed by atoms with Gasteiger partial charge < -0.3 is 10.2 Å². The topological polar surface area (TPSA) is 52.7 Å². The van der Waals surface area contributed by atoms with Crippen molar-refractivity contribution in [1.82, 2.24) is 15.1 Å². The fourth-order valence-electron chi connectivity index (χ4n) is 4.46. The molecule has 2 aliphatic heterocycles. The minimum Gasteiger partial charge on any atom is -0.342 e. The maximum absolute atomic E-state index is 13.1. The zero-order valence-electron chi connectivity index (χ0n) is 17.1. The minimum absolute atomic E-state index is 0.0543. The summed E-state index contributed by atoms with van der Waals surface area (Å²) in [4.78, 5) is 33.2. The summed E-state index contributed by atoms with van der Waals surface area (Å²) in [5.41, 5.74) is -0.653. The van der Waals surface area contributed by atoms with Crippen molar-refractivity contribution in [2.75, 3.05) is 19.6 Å². The van der Waals surface area contributed by atoms with Crippen LogP contribution in [0.3, 0.4) is 0 Å². The van der Waals surface area contributed by atoms with E-state index in [0.717, 1.165) is 38.9 Å². The molecule has 2 amide bonds. The highest BCUT2D eigenvalue weighted by Gasteiger charge is 2.52. The monoisotopic (exact) mass is 391 g/mol. The summed E-state index contributed by atoms with van der Waals surface area (Å²) in [6.45, 7) is 11.6. The number of piperidine rings is 1. The van der Waals surface area contributed by atoms with Crippen molar-refractivity contribution in [2.45, 2.75) is 71.5 Å². The molecule has 1 spiro atoms. The van der Waals surface area contributed by atoms with Crippen molar-refractivity contribution in [3.63, 3.8) is 0 Å². The molecule has 2 saturated heterocycles. The number of rotatable bonds is 6. The van der Waals surface area contributed by atoms with Crippen molar-refractivity contribution in [3.8, 4) is 0 Å². The van der Waals surface area contributed by atoms with Crippen LogP contribution in [0.25, 0.3) is 0 Å². The number of hydrogen-bond acceptors (Lipinski definition) is 4. The molecule has 1 aromatic heterocycles. The van der Waals surface area contributed by atoms with Gasteiger partial charge in [0.2, 0.25) is 11.8 Å². The molecule has 0 saturated carbocycles. The van der Waals surface area contributed by atoms with Crippen LogP contribution in [0, 0.1) is 5.92 Å². The summed E-state index contributed by atoms with van der Waals surface area (Å²) in [5.74, 6) is 0.538. The van der Waals surface area contributed by atoms with E-state index in [2.05, 4.69) is 43.1 Å². The van der Waals surface area contributed by atoms with E-state index in [1.54, 1.807) is 0 Å². The Morgan fingerprint density at radius 2 is 1.85 bits per heavy atom. The van der Waals surface area contributed by atoms with Crippen molar-refractivity contribution in [2.24, 2.45) is 5.92 Å². The van der Waals surface area contributed by atoms with Crippen molar-refractivity contribution in [1.29, 1.82) is 0 Å². The van der Waals surface area contributed by atoms with E-state index in [9.17, 15) is 9.59 Å². The van der Waals surface area contributed by atoms with E-state index < -0.39 is 5.54 Å². The standard InChI is InChI=1S/C21H33N3O2S/c1-5-16-7-8-17(27-16)14-23-11-9-21(10-12-23)20(26)22-18(13-15(3)4)19(25)24(21)6-2/h7-8,15,18H,5-6,9-14H2,1-4H3,(H,22,26). The Morgan fingerprint density at radius 1 is 1.19 bits per heavy atom. The molecule has 2 aliphatic rings. The summed E-state index contributed by atoms with van der Waals surface area (Å²) >= 11 is 1.88. The molecule has 0 aromatic carbocycles. The first-order chi connectivity index (χ1) is 12.9. The van der Waals surface area contributed by atoms with Crippen LogP contribution in [-0.4, -0.2) is 52.8 Å². The van der Waals surface area contributed by atoms with Crippen molar-refractivity contribution < 1.29 is 9.59 Å². The predicted molar refractivity (Wildman–Crippen MR) is 110 cm³/mol. The fraction of sp³-hybridized carbons (Fsp3) is 0.714. The summed E-state index contributed by atoms with van der Waals surface area (Å²) in [5, 5.41) is 3.05. The normalized spacial score (nSPS) is 23.3. The third-order valence-electron chi connectivity index (χ3n) is 5.96. The van der Waals surface area contributed by atoms with Gasteiger partial charge in [0.1, 0.15) is 11.6 Å². The van der Waals surface area contributed by atoms with Gasteiger partial charge in [-0.15, -0.1) is 11.3 Å². The Kier molecular flexibility index (Phi) is 6.26. The first-order valence-corrected chi connectivity index (χ1v) is 11.1. The first-order valence-electron chi connectivity index (χ1n) is 10.3. The quantitative estimate of drug-likeness (QED) is 0.811.